The molecular weight excluding hydrogens is 360 g/mol. The van der Waals surface area contributed by atoms with Crippen molar-refractivity contribution in [3.8, 4) is 11.5 Å². The Hall–Kier alpha value is -3.54. The topological polar surface area (TPSA) is 71.8 Å². The molecule has 0 fully saturated rings. The summed E-state index contributed by atoms with van der Waals surface area (Å²) in [4.78, 5) is 0. The molecule has 0 aliphatic rings. The maximum absolute atomic E-state index is 4.94. The molecule has 0 saturated carbocycles. The molecule has 6 heteroatoms. The Bertz CT molecular complexity index is 1310. The average molecular weight is 382 g/mol. The monoisotopic (exact) mass is 382 g/mol. The maximum atomic E-state index is 4.94. The molecule has 0 saturated heterocycles. The summed E-state index contributed by atoms with van der Waals surface area (Å²) in [7, 11) is 0. The normalized spacial score (nSPS) is 12.1. The number of hydrogen-bond donors (Lipinski definition) is 1. The van der Waals surface area contributed by atoms with E-state index >= 15 is 0 Å². The van der Waals surface area contributed by atoms with Crippen LogP contribution in [0.1, 0.15) is 37.7 Å². The van der Waals surface area contributed by atoms with Gasteiger partial charge >= 0.3 is 0 Å². The van der Waals surface area contributed by atoms with Crippen LogP contribution in [0.15, 0.2) is 60.7 Å². The Kier molecular flexibility index (Phi) is 3.94. The van der Waals surface area contributed by atoms with Crippen molar-refractivity contribution >= 4 is 16.4 Å². The maximum Gasteiger partial charge on any atom is 0.205 e. The van der Waals surface area contributed by atoms with Gasteiger partial charge in [-0.25, -0.2) is 0 Å². The number of hydrogen-bond acceptors (Lipinski definition) is 4. The van der Waals surface area contributed by atoms with Crippen LogP contribution in [0, 0.1) is 0 Å². The van der Waals surface area contributed by atoms with Gasteiger partial charge in [-0.3, -0.25) is 5.10 Å². The van der Waals surface area contributed by atoms with Gasteiger partial charge in [0.05, 0.1) is 5.69 Å². The molecule has 29 heavy (non-hydrogen) atoms. The fourth-order valence-corrected chi connectivity index (χ4v) is 3.55. The molecule has 0 radical (unpaired) electrons. The minimum absolute atomic E-state index is 0.0235. The van der Waals surface area contributed by atoms with Crippen LogP contribution in [0.25, 0.3) is 27.9 Å². The van der Waals surface area contributed by atoms with Crippen LogP contribution in [-0.2, 0) is 11.8 Å². The van der Waals surface area contributed by atoms with E-state index in [1.165, 1.54) is 5.56 Å². The van der Waals surface area contributed by atoms with Gasteiger partial charge in [-0.1, -0.05) is 75.4 Å². The number of aromatic nitrogens is 6. The lowest BCUT2D eigenvalue weighted by atomic mass is 9.92. The van der Waals surface area contributed by atoms with E-state index in [1.54, 1.807) is 0 Å². The van der Waals surface area contributed by atoms with Crippen LogP contribution in [0.5, 0.6) is 0 Å². The summed E-state index contributed by atoms with van der Waals surface area (Å²) >= 11 is 0. The van der Waals surface area contributed by atoms with E-state index < -0.39 is 0 Å². The van der Waals surface area contributed by atoms with E-state index in [0.29, 0.717) is 5.82 Å². The number of benzene rings is 2. The summed E-state index contributed by atoms with van der Waals surface area (Å²) in [6.07, 6.45) is 0.739. The highest BCUT2D eigenvalue weighted by Crippen LogP contribution is 2.28. The largest absolute Gasteiger partial charge is 0.281 e. The van der Waals surface area contributed by atoms with Crippen molar-refractivity contribution in [2.45, 2.75) is 32.6 Å². The van der Waals surface area contributed by atoms with E-state index in [9.17, 15) is 0 Å². The van der Waals surface area contributed by atoms with Crippen LogP contribution in [0.3, 0.4) is 0 Å². The highest BCUT2D eigenvalue weighted by molar-refractivity contribution is 5.95. The Morgan fingerprint density at radius 3 is 2.34 bits per heavy atom. The molecule has 5 rings (SSSR count). The molecule has 1 N–H and O–H groups in total. The number of nitrogens with zero attached hydrogens (tertiary/aromatic N) is 5. The summed E-state index contributed by atoms with van der Waals surface area (Å²) in [6, 6.07) is 20.6. The predicted molar refractivity (Wildman–Crippen MR) is 114 cm³/mol. The zero-order valence-corrected chi connectivity index (χ0v) is 16.7. The predicted octanol–water partition coefficient (Wildman–Crippen LogP) is 4.56. The smallest absolute Gasteiger partial charge is 0.205 e. The Morgan fingerprint density at radius 2 is 1.62 bits per heavy atom. The van der Waals surface area contributed by atoms with Gasteiger partial charge in [0, 0.05) is 28.3 Å². The lowest BCUT2D eigenvalue weighted by molar-refractivity contribution is 0.567. The van der Waals surface area contributed by atoms with Crippen LogP contribution >= 0.6 is 0 Å². The Balaban J connectivity index is 1.71. The van der Waals surface area contributed by atoms with Crippen molar-refractivity contribution in [2.75, 3.05) is 0 Å². The second kappa shape index (κ2) is 6.51. The average Bonchev–Trinajstić information content (AvgIpc) is 3.36. The van der Waals surface area contributed by atoms with E-state index in [1.807, 2.05) is 28.8 Å². The van der Waals surface area contributed by atoms with Gasteiger partial charge in [0.1, 0.15) is 5.69 Å². The first-order valence-electron chi connectivity index (χ1n) is 9.74. The number of nitrogens with one attached hydrogen (secondary N) is 1. The molecule has 3 heterocycles. The lowest BCUT2D eigenvalue weighted by Crippen LogP contribution is -2.11. The fourth-order valence-electron chi connectivity index (χ4n) is 3.55. The zero-order chi connectivity index (χ0) is 20.0. The number of aromatic amines is 1. The number of rotatable bonds is 3. The van der Waals surface area contributed by atoms with Crippen molar-refractivity contribution in [1.29, 1.82) is 0 Å². The minimum atomic E-state index is -0.0235. The van der Waals surface area contributed by atoms with Gasteiger partial charge in [-0.15, -0.1) is 10.2 Å². The molecular formula is C23H22N6. The summed E-state index contributed by atoms with van der Waals surface area (Å²) < 4.78 is 1.82. The second-order valence-corrected chi connectivity index (χ2v) is 8.33. The molecule has 5 aromatic rings. The first-order valence-corrected chi connectivity index (χ1v) is 9.74. The van der Waals surface area contributed by atoms with Crippen molar-refractivity contribution in [2.24, 2.45) is 0 Å². The summed E-state index contributed by atoms with van der Waals surface area (Å²) in [6.45, 7) is 6.45. The van der Waals surface area contributed by atoms with Crippen LogP contribution in [0.2, 0.25) is 0 Å². The molecule has 0 aliphatic carbocycles. The summed E-state index contributed by atoms with van der Waals surface area (Å²) in [5, 5.41) is 23.6. The Labute approximate surface area is 168 Å². The molecule has 0 amide bonds. The number of fused-ring (bicyclic) bond motifs is 3. The van der Waals surface area contributed by atoms with Gasteiger partial charge in [-0.2, -0.15) is 14.7 Å². The fraction of sp³-hybridized carbons (Fsp3) is 0.217. The van der Waals surface area contributed by atoms with E-state index in [-0.39, 0.29) is 5.41 Å². The zero-order valence-electron chi connectivity index (χ0n) is 16.7. The van der Waals surface area contributed by atoms with E-state index in [0.717, 1.165) is 39.9 Å². The molecule has 2 aromatic carbocycles. The van der Waals surface area contributed by atoms with Gasteiger partial charge < -0.3 is 0 Å². The van der Waals surface area contributed by atoms with Gasteiger partial charge in [0.2, 0.25) is 5.82 Å². The van der Waals surface area contributed by atoms with Crippen molar-refractivity contribution in [3.05, 3.63) is 77.6 Å². The molecule has 0 aliphatic heterocycles. The van der Waals surface area contributed by atoms with Gasteiger partial charge in [0.25, 0.3) is 0 Å². The first kappa shape index (κ1) is 17.6. The second-order valence-electron chi connectivity index (χ2n) is 8.33. The third kappa shape index (κ3) is 3.06. The van der Waals surface area contributed by atoms with Gasteiger partial charge in [-0.05, 0) is 11.6 Å². The molecule has 0 unspecified atom stereocenters. The quantitative estimate of drug-likeness (QED) is 0.497. The van der Waals surface area contributed by atoms with Crippen molar-refractivity contribution in [1.82, 2.24) is 30.0 Å². The Morgan fingerprint density at radius 1 is 0.897 bits per heavy atom. The highest BCUT2D eigenvalue weighted by atomic mass is 15.4. The standard InChI is InChI=1S/C23H22N6/c1-23(2,3)20-14-19(24-25-20)22-27-26-21-17-12-8-7-11-16(17)18(28-29(21)22)13-15-9-5-4-6-10-15/h4-12,14H,13H2,1-3H3,(H,24,25). The molecule has 0 bridgehead atoms. The van der Waals surface area contributed by atoms with Crippen molar-refractivity contribution < 1.29 is 0 Å². The lowest BCUT2D eigenvalue weighted by Gasteiger charge is -2.14. The first-order chi connectivity index (χ1) is 14.0. The number of H-pyrrole nitrogens is 1. The summed E-state index contributed by atoms with van der Waals surface area (Å²) in [5.41, 5.74) is 4.73. The minimum Gasteiger partial charge on any atom is -0.281 e. The SMILES string of the molecule is CC(C)(C)c1cc(-c2nnc3c4ccccc4c(Cc4ccccc4)nn23)n[nH]1. The molecule has 6 nitrogen and oxygen atoms in total. The van der Waals surface area contributed by atoms with Crippen LogP contribution in [0.4, 0.5) is 0 Å². The third-order valence-electron chi connectivity index (χ3n) is 5.17. The van der Waals surface area contributed by atoms with Gasteiger partial charge in [0.15, 0.2) is 5.65 Å². The van der Waals surface area contributed by atoms with Crippen LogP contribution in [-0.4, -0.2) is 30.0 Å². The summed E-state index contributed by atoms with van der Waals surface area (Å²) in [5.74, 6) is 0.645. The highest BCUT2D eigenvalue weighted by Gasteiger charge is 2.21. The van der Waals surface area contributed by atoms with E-state index in [2.05, 4.69) is 77.6 Å². The van der Waals surface area contributed by atoms with Crippen molar-refractivity contribution in [3.63, 3.8) is 0 Å². The molecule has 3 aromatic heterocycles. The molecule has 0 spiro atoms. The molecule has 0 atom stereocenters. The third-order valence-corrected chi connectivity index (χ3v) is 5.17. The van der Waals surface area contributed by atoms with Crippen LogP contribution < -0.4 is 0 Å². The molecule has 144 valence electrons. The van der Waals surface area contributed by atoms with E-state index in [4.69, 9.17) is 5.10 Å².